The Morgan fingerprint density at radius 3 is 2.35 bits per heavy atom. The number of carboxylic acid groups (broad SMARTS) is 1. The van der Waals surface area contributed by atoms with E-state index in [9.17, 15) is 14.4 Å². The van der Waals surface area contributed by atoms with Crippen LogP contribution in [0.25, 0.3) is 0 Å². The van der Waals surface area contributed by atoms with Crippen LogP contribution in [0.1, 0.15) is 49.0 Å². The second-order valence-corrected chi connectivity index (χ2v) is 7.41. The minimum absolute atomic E-state index is 0.121. The molecule has 1 aromatic rings. The predicted octanol–water partition coefficient (Wildman–Crippen LogP) is 2.46. The van der Waals surface area contributed by atoms with Crippen LogP contribution in [0.4, 0.5) is 0 Å². The van der Waals surface area contributed by atoms with Gasteiger partial charge in [-0.2, -0.15) is 0 Å². The molecule has 0 aromatic heterocycles. The summed E-state index contributed by atoms with van der Waals surface area (Å²) in [6.07, 6.45) is 1.47. The average Bonchev–Trinajstić information content (AvgIpc) is 2.60. The molecule has 1 unspecified atom stereocenters. The maximum absolute atomic E-state index is 12.9. The second kappa shape index (κ2) is 8.83. The van der Waals surface area contributed by atoms with Crippen molar-refractivity contribution in [2.24, 2.45) is 11.8 Å². The van der Waals surface area contributed by atoms with E-state index in [4.69, 9.17) is 5.11 Å². The fourth-order valence-electron chi connectivity index (χ4n) is 3.32. The van der Waals surface area contributed by atoms with E-state index in [0.29, 0.717) is 37.9 Å². The lowest BCUT2D eigenvalue weighted by atomic mass is 9.95. The number of carboxylic acids is 1. The van der Waals surface area contributed by atoms with Crippen LogP contribution in [0.5, 0.6) is 0 Å². The molecule has 1 heterocycles. The van der Waals surface area contributed by atoms with Crippen molar-refractivity contribution in [3.63, 3.8) is 0 Å². The molecule has 0 radical (unpaired) electrons. The summed E-state index contributed by atoms with van der Waals surface area (Å²) >= 11 is 0. The van der Waals surface area contributed by atoms with Gasteiger partial charge in [0.1, 0.15) is 6.04 Å². The van der Waals surface area contributed by atoms with Crippen LogP contribution in [-0.2, 0) is 9.59 Å². The number of benzene rings is 1. The maximum Gasteiger partial charge on any atom is 0.306 e. The Kier molecular flexibility index (Phi) is 6.77. The number of nitrogens with one attached hydrogen (secondary N) is 1. The Bertz CT molecular complexity index is 664. The van der Waals surface area contributed by atoms with Crippen molar-refractivity contribution in [1.82, 2.24) is 10.2 Å². The van der Waals surface area contributed by atoms with Crippen molar-refractivity contribution in [2.45, 2.75) is 46.1 Å². The molecular formula is C20H28N2O4. The lowest BCUT2D eigenvalue weighted by Gasteiger charge is -2.33. The monoisotopic (exact) mass is 360 g/mol. The maximum atomic E-state index is 12.9. The third-order valence-electron chi connectivity index (χ3n) is 4.86. The number of hydrogen-bond donors (Lipinski definition) is 2. The molecule has 0 aliphatic carbocycles. The van der Waals surface area contributed by atoms with Gasteiger partial charge < -0.3 is 15.3 Å². The van der Waals surface area contributed by atoms with Gasteiger partial charge in [0.25, 0.3) is 5.91 Å². The normalized spacial score (nSPS) is 16.4. The fourth-order valence-corrected chi connectivity index (χ4v) is 3.32. The lowest BCUT2D eigenvalue weighted by Crippen LogP contribution is -2.51. The molecule has 2 N–H and O–H groups in total. The summed E-state index contributed by atoms with van der Waals surface area (Å²) < 4.78 is 0. The van der Waals surface area contributed by atoms with Gasteiger partial charge in [-0.25, -0.2) is 0 Å². The fraction of sp³-hybridized carbons (Fsp3) is 0.550. The third kappa shape index (κ3) is 5.07. The number of nitrogens with zero attached hydrogens (tertiary/aromatic N) is 1. The molecule has 1 fully saturated rings. The molecule has 0 spiro atoms. The van der Waals surface area contributed by atoms with Gasteiger partial charge in [-0.3, -0.25) is 14.4 Å². The summed E-state index contributed by atoms with van der Waals surface area (Å²) in [5.41, 5.74) is 1.43. The van der Waals surface area contributed by atoms with E-state index in [1.54, 1.807) is 17.0 Å². The molecular weight excluding hydrogens is 332 g/mol. The van der Waals surface area contributed by atoms with Gasteiger partial charge in [-0.15, -0.1) is 0 Å². The van der Waals surface area contributed by atoms with Gasteiger partial charge in [0.05, 0.1) is 5.92 Å². The quantitative estimate of drug-likeness (QED) is 0.816. The first-order valence-corrected chi connectivity index (χ1v) is 9.17. The van der Waals surface area contributed by atoms with E-state index in [1.165, 1.54) is 0 Å². The summed E-state index contributed by atoms with van der Waals surface area (Å²) in [6, 6.07) is 6.70. The van der Waals surface area contributed by atoms with Gasteiger partial charge in [0, 0.05) is 18.7 Å². The summed E-state index contributed by atoms with van der Waals surface area (Å²) in [5, 5.41) is 12.0. The molecule has 142 valence electrons. The standard InChI is InChI=1S/C20H28N2O4/c1-13(2)12-17(21-18(23)16-7-5-4-6-14(16)3)19(24)22-10-8-15(9-11-22)20(25)26/h4-7,13,15,17H,8-12H2,1-3H3,(H,21,23)(H,25,26). The molecule has 6 nitrogen and oxygen atoms in total. The Morgan fingerprint density at radius 1 is 1.19 bits per heavy atom. The molecule has 2 rings (SSSR count). The van der Waals surface area contributed by atoms with Gasteiger partial charge in [0.2, 0.25) is 5.91 Å². The number of aliphatic carboxylic acids is 1. The van der Waals surface area contributed by atoms with Crippen LogP contribution < -0.4 is 5.32 Å². The number of rotatable bonds is 6. The number of carbonyl (C=O) groups is 3. The Labute approximate surface area is 154 Å². The lowest BCUT2D eigenvalue weighted by molar-refractivity contribution is -0.146. The van der Waals surface area contributed by atoms with Crippen molar-refractivity contribution < 1.29 is 19.5 Å². The molecule has 1 atom stereocenters. The Morgan fingerprint density at radius 2 is 1.81 bits per heavy atom. The summed E-state index contributed by atoms with van der Waals surface area (Å²) in [4.78, 5) is 38.3. The van der Waals surface area contributed by atoms with E-state index in [1.807, 2.05) is 32.9 Å². The zero-order chi connectivity index (χ0) is 19.3. The van der Waals surface area contributed by atoms with Crippen molar-refractivity contribution in [3.05, 3.63) is 35.4 Å². The Hall–Kier alpha value is -2.37. The number of carbonyl (C=O) groups excluding carboxylic acids is 2. The van der Waals surface area contributed by atoms with E-state index in [2.05, 4.69) is 5.32 Å². The molecule has 1 aliphatic rings. The highest BCUT2D eigenvalue weighted by atomic mass is 16.4. The number of likely N-dealkylation sites (tertiary alicyclic amines) is 1. The molecule has 2 amide bonds. The second-order valence-electron chi connectivity index (χ2n) is 7.41. The van der Waals surface area contributed by atoms with Crippen LogP contribution in [0.3, 0.4) is 0 Å². The first-order valence-electron chi connectivity index (χ1n) is 9.17. The molecule has 0 saturated carbocycles. The van der Waals surface area contributed by atoms with E-state index < -0.39 is 12.0 Å². The SMILES string of the molecule is Cc1ccccc1C(=O)NC(CC(C)C)C(=O)N1CCC(C(=O)O)CC1. The van der Waals surface area contributed by atoms with E-state index in [-0.39, 0.29) is 23.7 Å². The number of piperidine rings is 1. The molecule has 6 heteroatoms. The molecule has 0 bridgehead atoms. The highest BCUT2D eigenvalue weighted by Crippen LogP contribution is 2.19. The summed E-state index contributed by atoms with van der Waals surface area (Å²) in [7, 11) is 0. The zero-order valence-corrected chi connectivity index (χ0v) is 15.7. The summed E-state index contributed by atoms with van der Waals surface area (Å²) in [5.74, 6) is -1.31. The first-order chi connectivity index (χ1) is 12.3. The molecule has 1 saturated heterocycles. The van der Waals surface area contributed by atoms with Crippen molar-refractivity contribution in [1.29, 1.82) is 0 Å². The van der Waals surface area contributed by atoms with Crippen molar-refractivity contribution in [2.75, 3.05) is 13.1 Å². The third-order valence-corrected chi connectivity index (χ3v) is 4.86. The van der Waals surface area contributed by atoms with Crippen LogP contribution in [-0.4, -0.2) is 46.9 Å². The highest BCUT2D eigenvalue weighted by molar-refractivity contribution is 5.98. The van der Waals surface area contributed by atoms with Gasteiger partial charge >= 0.3 is 5.97 Å². The Balaban J connectivity index is 2.07. The van der Waals surface area contributed by atoms with E-state index >= 15 is 0 Å². The van der Waals surface area contributed by atoms with Crippen LogP contribution >= 0.6 is 0 Å². The topological polar surface area (TPSA) is 86.7 Å². The highest BCUT2D eigenvalue weighted by Gasteiger charge is 2.32. The molecule has 26 heavy (non-hydrogen) atoms. The van der Waals surface area contributed by atoms with Crippen LogP contribution in [0, 0.1) is 18.8 Å². The molecule has 1 aliphatic heterocycles. The van der Waals surface area contributed by atoms with Crippen molar-refractivity contribution >= 4 is 17.8 Å². The average molecular weight is 360 g/mol. The smallest absolute Gasteiger partial charge is 0.306 e. The number of amides is 2. The minimum atomic E-state index is -0.802. The zero-order valence-electron chi connectivity index (χ0n) is 15.7. The van der Waals surface area contributed by atoms with Gasteiger partial charge in [0.15, 0.2) is 0 Å². The van der Waals surface area contributed by atoms with E-state index in [0.717, 1.165) is 5.56 Å². The number of hydrogen-bond acceptors (Lipinski definition) is 3. The van der Waals surface area contributed by atoms with Crippen molar-refractivity contribution in [3.8, 4) is 0 Å². The first kappa shape index (κ1) is 19.9. The summed E-state index contributed by atoms with van der Waals surface area (Å²) in [6.45, 7) is 6.73. The predicted molar refractivity (Wildman–Crippen MR) is 98.8 cm³/mol. The van der Waals surface area contributed by atoms with Crippen LogP contribution in [0.15, 0.2) is 24.3 Å². The van der Waals surface area contributed by atoms with Gasteiger partial charge in [-0.05, 0) is 43.7 Å². The van der Waals surface area contributed by atoms with Crippen LogP contribution in [0.2, 0.25) is 0 Å². The minimum Gasteiger partial charge on any atom is -0.481 e. The van der Waals surface area contributed by atoms with Gasteiger partial charge in [-0.1, -0.05) is 32.0 Å². The molecule has 1 aromatic carbocycles. The largest absolute Gasteiger partial charge is 0.481 e. The number of aryl methyl sites for hydroxylation is 1.